The van der Waals surface area contributed by atoms with E-state index < -0.39 is 5.91 Å². The van der Waals surface area contributed by atoms with E-state index in [0.717, 1.165) is 42.0 Å². The van der Waals surface area contributed by atoms with Gasteiger partial charge in [0.15, 0.2) is 5.69 Å². The van der Waals surface area contributed by atoms with Gasteiger partial charge in [-0.25, -0.2) is 4.68 Å². The summed E-state index contributed by atoms with van der Waals surface area (Å²) in [5.74, 6) is -0.542. The van der Waals surface area contributed by atoms with Crippen molar-refractivity contribution < 1.29 is 4.79 Å². The molecule has 7 nitrogen and oxygen atoms in total. The molecule has 132 valence electrons. The number of hydrogen-bond acceptors (Lipinski definition) is 5. The molecule has 1 saturated heterocycles. The fraction of sp³-hybridized carbons (Fsp3) is 0.353. The van der Waals surface area contributed by atoms with E-state index in [-0.39, 0.29) is 0 Å². The van der Waals surface area contributed by atoms with Crippen molar-refractivity contribution in [1.29, 1.82) is 0 Å². The average molecular weight is 405 g/mol. The molecule has 0 spiro atoms. The van der Waals surface area contributed by atoms with Crippen LogP contribution in [-0.2, 0) is 0 Å². The van der Waals surface area contributed by atoms with Gasteiger partial charge in [0.25, 0.3) is 5.91 Å². The molecule has 8 heteroatoms. The number of nitrogens with zero attached hydrogens (tertiary/aromatic N) is 4. The number of rotatable bonds is 4. The minimum absolute atomic E-state index is 0.307. The van der Waals surface area contributed by atoms with Crippen LogP contribution in [0.3, 0.4) is 0 Å². The quantitative estimate of drug-likeness (QED) is 0.761. The SMILES string of the molecule is C/C(Br)=C\C=C(/C)n1nc2c(N3CCNCC3)ccnc2c1C(N)=O. The first-order chi connectivity index (χ1) is 12.0. The van der Waals surface area contributed by atoms with Crippen molar-refractivity contribution in [3.8, 4) is 0 Å². The standard InChI is InChI=1S/C17H21BrN6O/c1-11(18)3-4-12(2)24-16(17(19)25)15-14(22-24)13(5-6-21-15)23-9-7-20-8-10-23/h3-6,20H,7-10H2,1-2H3,(H2,19,25)/b11-3+,12-4+. The zero-order valence-electron chi connectivity index (χ0n) is 14.3. The minimum Gasteiger partial charge on any atom is -0.367 e. The molecule has 2 aromatic heterocycles. The second-order valence-electron chi connectivity index (χ2n) is 5.95. The highest BCUT2D eigenvalue weighted by atomic mass is 79.9. The number of nitrogens with one attached hydrogen (secondary N) is 1. The number of fused-ring (bicyclic) bond motifs is 1. The summed E-state index contributed by atoms with van der Waals surface area (Å²) in [6, 6.07) is 1.94. The molecule has 1 amide bonds. The first kappa shape index (κ1) is 17.6. The average Bonchev–Trinajstić information content (AvgIpc) is 3.00. The zero-order valence-corrected chi connectivity index (χ0v) is 15.9. The Balaban J connectivity index is 2.18. The molecule has 0 saturated carbocycles. The second-order valence-corrected chi connectivity index (χ2v) is 7.20. The minimum atomic E-state index is -0.542. The molecule has 3 rings (SSSR count). The van der Waals surface area contributed by atoms with Gasteiger partial charge in [-0.3, -0.25) is 9.78 Å². The Morgan fingerprint density at radius 2 is 2.00 bits per heavy atom. The van der Waals surface area contributed by atoms with Crippen LogP contribution < -0.4 is 16.0 Å². The van der Waals surface area contributed by atoms with Crippen molar-refractivity contribution in [2.45, 2.75) is 13.8 Å². The molecule has 25 heavy (non-hydrogen) atoms. The fourth-order valence-electron chi connectivity index (χ4n) is 2.91. The van der Waals surface area contributed by atoms with Crippen LogP contribution in [0.2, 0.25) is 0 Å². The lowest BCUT2D eigenvalue weighted by atomic mass is 10.2. The summed E-state index contributed by atoms with van der Waals surface area (Å²) in [7, 11) is 0. The van der Waals surface area contributed by atoms with E-state index in [0.29, 0.717) is 16.7 Å². The predicted octanol–water partition coefficient (Wildman–Crippen LogP) is 2.10. The summed E-state index contributed by atoms with van der Waals surface area (Å²) in [4.78, 5) is 18.7. The van der Waals surface area contributed by atoms with Crippen molar-refractivity contribution in [2.24, 2.45) is 5.73 Å². The molecule has 1 fully saturated rings. The highest BCUT2D eigenvalue weighted by Crippen LogP contribution is 2.28. The maximum Gasteiger partial charge on any atom is 0.269 e. The van der Waals surface area contributed by atoms with Crippen molar-refractivity contribution in [2.75, 3.05) is 31.1 Å². The van der Waals surface area contributed by atoms with E-state index in [1.807, 2.05) is 32.1 Å². The maximum atomic E-state index is 12.1. The van der Waals surface area contributed by atoms with Gasteiger partial charge in [0.1, 0.15) is 11.0 Å². The topological polar surface area (TPSA) is 89.1 Å². The van der Waals surface area contributed by atoms with Gasteiger partial charge < -0.3 is 16.0 Å². The van der Waals surface area contributed by atoms with Crippen LogP contribution in [0.1, 0.15) is 24.3 Å². The molecule has 0 aliphatic carbocycles. The number of nitrogens with two attached hydrogens (primary N) is 1. The molecule has 3 heterocycles. The normalized spacial score (nSPS) is 16.5. The lowest BCUT2D eigenvalue weighted by molar-refractivity contribution is 0.0994. The zero-order chi connectivity index (χ0) is 18.0. The second kappa shape index (κ2) is 7.37. The Kier molecular flexibility index (Phi) is 5.19. The first-order valence-electron chi connectivity index (χ1n) is 8.13. The lowest BCUT2D eigenvalue weighted by Gasteiger charge is -2.29. The number of aromatic nitrogens is 3. The Labute approximate surface area is 154 Å². The van der Waals surface area contributed by atoms with Crippen LogP contribution in [-0.4, -0.2) is 46.9 Å². The Morgan fingerprint density at radius 1 is 1.28 bits per heavy atom. The first-order valence-corrected chi connectivity index (χ1v) is 8.92. The van der Waals surface area contributed by atoms with Gasteiger partial charge in [-0.2, -0.15) is 5.10 Å². The Morgan fingerprint density at radius 3 is 2.64 bits per heavy atom. The summed E-state index contributed by atoms with van der Waals surface area (Å²) < 4.78 is 2.56. The number of anilines is 1. The van der Waals surface area contributed by atoms with Crippen LogP contribution in [0, 0.1) is 0 Å². The van der Waals surface area contributed by atoms with E-state index in [1.54, 1.807) is 10.9 Å². The van der Waals surface area contributed by atoms with E-state index in [9.17, 15) is 4.79 Å². The third kappa shape index (κ3) is 3.59. The van der Waals surface area contributed by atoms with Gasteiger partial charge in [0.05, 0.1) is 5.69 Å². The summed E-state index contributed by atoms with van der Waals surface area (Å²) in [6.45, 7) is 7.43. The summed E-state index contributed by atoms with van der Waals surface area (Å²) in [5, 5.41) is 8.00. The summed E-state index contributed by atoms with van der Waals surface area (Å²) in [5.41, 5.74) is 8.94. The molecule has 0 aromatic carbocycles. The molecule has 3 N–H and O–H groups in total. The van der Waals surface area contributed by atoms with Crippen molar-refractivity contribution in [1.82, 2.24) is 20.1 Å². The third-order valence-electron chi connectivity index (χ3n) is 4.12. The van der Waals surface area contributed by atoms with Gasteiger partial charge in [-0.1, -0.05) is 22.0 Å². The molecule has 0 unspecified atom stereocenters. The number of pyridine rings is 1. The van der Waals surface area contributed by atoms with Crippen molar-refractivity contribution >= 4 is 44.3 Å². The lowest BCUT2D eigenvalue weighted by Crippen LogP contribution is -2.43. The Hall–Kier alpha value is -2.19. The summed E-state index contributed by atoms with van der Waals surface area (Å²) >= 11 is 3.39. The molecule has 2 aromatic rings. The number of allylic oxidation sites excluding steroid dienone is 4. The highest BCUT2D eigenvalue weighted by molar-refractivity contribution is 9.11. The van der Waals surface area contributed by atoms with Crippen LogP contribution in [0.5, 0.6) is 0 Å². The number of carbonyl (C=O) groups excluding carboxylic acids is 1. The number of hydrogen-bond donors (Lipinski definition) is 2. The molecule has 0 radical (unpaired) electrons. The van der Waals surface area contributed by atoms with Crippen LogP contribution >= 0.6 is 15.9 Å². The number of carbonyl (C=O) groups is 1. The van der Waals surface area contributed by atoms with Gasteiger partial charge in [0, 0.05) is 38.1 Å². The monoisotopic (exact) mass is 404 g/mol. The molecular formula is C17H21BrN6O. The van der Waals surface area contributed by atoms with E-state index in [4.69, 9.17) is 5.73 Å². The number of primary amides is 1. The fourth-order valence-corrected chi connectivity index (χ4v) is 3.04. The van der Waals surface area contributed by atoms with Crippen LogP contribution in [0.25, 0.3) is 16.7 Å². The van der Waals surface area contributed by atoms with Gasteiger partial charge >= 0.3 is 0 Å². The molecule has 0 atom stereocenters. The molecule has 0 bridgehead atoms. The molecule has 1 aliphatic heterocycles. The van der Waals surface area contributed by atoms with E-state index in [1.165, 1.54) is 0 Å². The highest BCUT2D eigenvalue weighted by Gasteiger charge is 2.23. The van der Waals surface area contributed by atoms with Gasteiger partial charge in [-0.05, 0) is 30.5 Å². The van der Waals surface area contributed by atoms with Gasteiger partial charge in [0.2, 0.25) is 0 Å². The van der Waals surface area contributed by atoms with E-state index in [2.05, 4.69) is 36.2 Å². The third-order valence-corrected chi connectivity index (χ3v) is 4.38. The summed E-state index contributed by atoms with van der Waals surface area (Å²) in [6.07, 6.45) is 5.49. The molecule has 1 aliphatic rings. The van der Waals surface area contributed by atoms with E-state index >= 15 is 0 Å². The van der Waals surface area contributed by atoms with Crippen LogP contribution in [0.4, 0.5) is 5.69 Å². The maximum absolute atomic E-state index is 12.1. The Bertz CT molecular complexity index is 859. The van der Waals surface area contributed by atoms with Gasteiger partial charge in [-0.15, -0.1) is 0 Å². The van der Waals surface area contributed by atoms with Crippen molar-refractivity contribution in [3.05, 3.63) is 34.6 Å². The number of halogens is 1. The number of piperazine rings is 1. The predicted molar refractivity (Wildman–Crippen MR) is 104 cm³/mol. The molecular weight excluding hydrogens is 384 g/mol. The van der Waals surface area contributed by atoms with Crippen LogP contribution in [0.15, 0.2) is 28.9 Å². The largest absolute Gasteiger partial charge is 0.367 e. The smallest absolute Gasteiger partial charge is 0.269 e. The van der Waals surface area contributed by atoms with Crippen molar-refractivity contribution in [3.63, 3.8) is 0 Å². The number of amides is 1.